The van der Waals surface area contributed by atoms with Gasteiger partial charge in [0.2, 0.25) is 5.91 Å². The van der Waals surface area contributed by atoms with Crippen LogP contribution in [0.25, 0.3) is 0 Å². The molecule has 0 aromatic rings. The van der Waals surface area contributed by atoms with Crippen molar-refractivity contribution < 1.29 is 50.0 Å². The minimum absolute atomic E-state index is 0.246. The van der Waals surface area contributed by atoms with E-state index >= 15 is 0 Å². The molecule has 9 atom stereocenters. The Hall–Kier alpha value is -1.67. The van der Waals surface area contributed by atoms with Crippen LogP contribution in [0.2, 0.25) is 0 Å². The van der Waals surface area contributed by atoms with E-state index in [4.69, 9.17) is 9.47 Å². The molecule has 11 nitrogen and oxygen atoms in total. The molecule has 1 rings (SSSR count). The number of nitrogens with one attached hydrogen (secondary N) is 1. The monoisotopic (exact) mass is 1120 g/mol. The fourth-order valence-corrected chi connectivity index (χ4v) is 10.9. The SMILES string of the molecule is CCCCCCCCCCCCCC/C=C\CCCCCCCCCCC(O)C(=O)NC(COC1OC(CO)C(O)C(O)C1O)C(O)C(O)CCC/C=C/CC/C=C/CCCCCCCCCCCCCCCCCCCCC. The fourth-order valence-electron chi connectivity index (χ4n) is 10.9. The Kier molecular flexibility index (Phi) is 54.2. The molecule has 79 heavy (non-hydrogen) atoms. The second-order valence-electron chi connectivity index (χ2n) is 23.9. The van der Waals surface area contributed by atoms with Gasteiger partial charge in [0, 0.05) is 0 Å². The first kappa shape index (κ1) is 75.3. The first-order valence-electron chi connectivity index (χ1n) is 33.9. The smallest absolute Gasteiger partial charge is 0.249 e. The van der Waals surface area contributed by atoms with E-state index in [0.29, 0.717) is 19.3 Å². The number of hydrogen-bond donors (Lipinski definition) is 8. The molecular weight excluding hydrogens is 991 g/mol. The molecule has 0 bridgehead atoms. The molecule has 0 spiro atoms. The molecule has 0 aromatic carbocycles. The third-order valence-electron chi connectivity index (χ3n) is 16.4. The van der Waals surface area contributed by atoms with Gasteiger partial charge in [0.25, 0.3) is 0 Å². The average Bonchev–Trinajstić information content (AvgIpc) is 3.46. The summed E-state index contributed by atoms with van der Waals surface area (Å²) in [6.45, 7) is 3.48. The Morgan fingerprint density at radius 1 is 0.430 bits per heavy atom. The van der Waals surface area contributed by atoms with Crippen molar-refractivity contribution in [2.75, 3.05) is 13.2 Å². The van der Waals surface area contributed by atoms with Crippen LogP contribution in [0.3, 0.4) is 0 Å². The second-order valence-corrected chi connectivity index (χ2v) is 23.9. The summed E-state index contributed by atoms with van der Waals surface area (Å²) in [5.74, 6) is -0.709. The van der Waals surface area contributed by atoms with E-state index < -0.39 is 74.2 Å². The van der Waals surface area contributed by atoms with E-state index in [-0.39, 0.29) is 12.8 Å². The van der Waals surface area contributed by atoms with Crippen molar-refractivity contribution in [3.63, 3.8) is 0 Å². The molecule has 9 unspecified atom stereocenters. The molecule has 1 fully saturated rings. The van der Waals surface area contributed by atoms with Crippen molar-refractivity contribution in [2.45, 2.75) is 377 Å². The van der Waals surface area contributed by atoms with E-state index in [2.05, 4.69) is 55.6 Å². The van der Waals surface area contributed by atoms with Crippen molar-refractivity contribution in [3.8, 4) is 0 Å². The highest BCUT2D eigenvalue weighted by atomic mass is 16.7. The van der Waals surface area contributed by atoms with Crippen molar-refractivity contribution in [3.05, 3.63) is 36.5 Å². The number of unbranched alkanes of at least 4 members (excludes halogenated alkanes) is 41. The normalized spacial score (nSPS) is 19.5. The van der Waals surface area contributed by atoms with Crippen LogP contribution in [0.1, 0.15) is 322 Å². The molecule has 1 saturated heterocycles. The molecule has 0 aromatic heterocycles. The fraction of sp³-hybridized carbons (Fsp3) is 0.897. The van der Waals surface area contributed by atoms with Gasteiger partial charge in [0.05, 0.1) is 25.4 Å². The van der Waals surface area contributed by atoms with E-state index in [1.165, 1.54) is 231 Å². The first-order chi connectivity index (χ1) is 38.7. The van der Waals surface area contributed by atoms with Crippen LogP contribution >= 0.6 is 0 Å². The Morgan fingerprint density at radius 3 is 1.13 bits per heavy atom. The van der Waals surface area contributed by atoms with Crippen LogP contribution < -0.4 is 5.32 Å². The van der Waals surface area contributed by atoms with Gasteiger partial charge in [-0.15, -0.1) is 0 Å². The van der Waals surface area contributed by atoms with Crippen LogP contribution in [-0.2, 0) is 14.3 Å². The maximum absolute atomic E-state index is 13.2. The Bertz CT molecular complexity index is 1380. The number of carbonyl (C=O) groups excluding carboxylic acids is 1. The van der Waals surface area contributed by atoms with Crippen molar-refractivity contribution in [1.29, 1.82) is 0 Å². The van der Waals surface area contributed by atoms with E-state index in [0.717, 1.165) is 44.9 Å². The molecule has 11 heteroatoms. The van der Waals surface area contributed by atoms with E-state index in [9.17, 15) is 40.5 Å². The number of carbonyl (C=O) groups is 1. The molecule has 8 N–H and O–H groups in total. The molecule has 0 radical (unpaired) electrons. The lowest BCUT2D eigenvalue weighted by molar-refractivity contribution is -0.303. The van der Waals surface area contributed by atoms with Crippen molar-refractivity contribution in [1.82, 2.24) is 5.32 Å². The lowest BCUT2D eigenvalue weighted by atomic mass is 9.98. The standard InChI is InChI=1S/C68H129NO10/c1-3-5-7-9-11-13-15-17-19-21-23-25-27-29-30-31-32-34-35-37-39-41-43-45-47-49-51-53-55-60(71)63(73)59(58-78-68-66(76)65(75)64(74)62(57-70)79-68)69-67(77)61(72)56-54-52-50-48-46-44-42-40-38-36-33-28-26-24-22-20-18-16-14-12-10-8-6-4-2/h33,36,39,41,47,49,59-66,68,70-76H,3-32,34-35,37-38,40,42-46,48,50-58H2,1-2H3,(H,69,77)/b36-33-,41-39+,49-47+. The topological polar surface area (TPSA) is 189 Å². The predicted molar refractivity (Wildman–Crippen MR) is 330 cm³/mol. The maximum atomic E-state index is 13.2. The Morgan fingerprint density at radius 2 is 0.759 bits per heavy atom. The molecule has 466 valence electrons. The van der Waals surface area contributed by atoms with Gasteiger partial charge in [-0.3, -0.25) is 4.79 Å². The van der Waals surface area contributed by atoms with Gasteiger partial charge in [0.15, 0.2) is 6.29 Å². The Balaban J connectivity index is 2.26. The van der Waals surface area contributed by atoms with Gasteiger partial charge in [-0.1, -0.05) is 281 Å². The lowest BCUT2D eigenvalue weighted by Gasteiger charge is -2.40. The number of ether oxygens (including phenoxy) is 2. The van der Waals surface area contributed by atoms with Gasteiger partial charge >= 0.3 is 0 Å². The predicted octanol–water partition coefficient (Wildman–Crippen LogP) is 15.8. The third-order valence-corrected chi connectivity index (χ3v) is 16.4. The molecule has 1 aliphatic heterocycles. The van der Waals surface area contributed by atoms with Gasteiger partial charge in [0.1, 0.15) is 36.6 Å². The summed E-state index contributed by atoms with van der Waals surface area (Å²) in [7, 11) is 0. The summed E-state index contributed by atoms with van der Waals surface area (Å²) in [4.78, 5) is 13.2. The highest BCUT2D eigenvalue weighted by Crippen LogP contribution is 2.24. The number of hydrogen-bond acceptors (Lipinski definition) is 10. The van der Waals surface area contributed by atoms with Crippen LogP contribution in [0.15, 0.2) is 36.5 Å². The van der Waals surface area contributed by atoms with Gasteiger partial charge in [-0.05, 0) is 77.0 Å². The summed E-state index contributed by atoms with van der Waals surface area (Å²) in [6.07, 6.45) is 60.8. The quantitative estimate of drug-likeness (QED) is 0.0215. The largest absolute Gasteiger partial charge is 0.394 e. The minimum atomic E-state index is -1.67. The molecule has 1 amide bonds. The second kappa shape index (κ2) is 56.8. The van der Waals surface area contributed by atoms with Crippen molar-refractivity contribution >= 4 is 5.91 Å². The number of aliphatic hydroxyl groups is 7. The number of rotatable bonds is 59. The van der Waals surface area contributed by atoms with Crippen molar-refractivity contribution in [2.24, 2.45) is 0 Å². The van der Waals surface area contributed by atoms with Gasteiger partial charge < -0.3 is 50.5 Å². The van der Waals surface area contributed by atoms with Gasteiger partial charge in [-0.2, -0.15) is 0 Å². The summed E-state index contributed by atoms with van der Waals surface area (Å²) >= 11 is 0. The number of amides is 1. The maximum Gasteiger partial charge on any atom is 0.249 e. The minimum Gasteiger partial charge on any atom is -0.394 e. The summed E-state index contributed by atoms with van der Waals surface area (Å²) in [5.41, 5.74) is 0. The first-order valence-corrected chi connectivity index (χ1v) is 33.9. The zero-order chi connectivity index (χ0) is 57.5. The zero-order valence-electron chi connectivity index (χ0n) is 51.4. The Labute approximate surface area is 486 Å². The summed E-state index contributed by atoms with van der Waals surface area (Å²) < 4.78 is 11.2. The van der Waals surface area contributed by atoms with Crippen LogP contribution in [0, 0.1) is 0 Å². The highest BCUT2D eigenvalue weighted by Gasteiger charge is 2.44. The molecule has 0 aliphatic carbocycles. The van der Waals surface area contributed by atoms with Gasteiger partial charge in [-0.25, -0.2) is 0 Å². The molecular formula is C68H129NO10. The summed E-state index contributed by atoms with van der Waals surface area (Å²) in [6, 6.07) is -1.19. The van der Waals surface area contributed by atoms with Crippen LogP contribution in [0.4, 0.5) is 0 Å². The average molecular weight is 1120 g/mol. The molecule has 1 aliphatic rings. The third kappa shape index (κ3) is 44.5. The van der Waals surface area contributed by atoms with E-state index in [1.54, 1.807) is 0 Å². The lowest BCUT2D eigenvalue weighted by Crippen LogP contribution is -2.60. The van der Waals surface area contributed by atoms with Crippen LogP contribution in [-0.4, -0.2) is 110 Å². The molecule has 0 saturated carbocycles. The molecule has 1 heterocycles. The number of aliphatic hydroxyl groups excluding tert-OH is 7. The van der Waals surface area contributed by atoms with Crippen LogP contribution in [0.5, 0.6) is 0 Å². The number of allylic oxidation sites excluding steroid dienone is 6. The van der Waals surface area contributed by atoms with E-state index in [1.807, 2.05) is 0 Å². The zero-order valence-corrected chi connectivity index (χ0v) is 51.4. The summed E-state index contributed by atoms with van der Waals surface area (Å²) in [5, 5.41) is 76.4. The highest BCUT2D eigenvalue weighted by molar-refractivity contribution is 5.80.